The molecule has 0 aliphatic rings. The Morgan fingerprint density at radius 2 is 2.18 bits per heavy atom. The summed E-state index contributed by atoms with van der Waals surface area (Å²) < 4.78 is 0.579. The van der Waals surface area contributed by atoms with Crippen molar-refractivity contribution in [3.8, 4) is 5.75 Å². The third-order valence-corrected chi connectivity index (χ3v) is 2.18. The summed E-state index contributed by atoms with van der Waals surface area (Å²) in [6.45, 7) is 0. The van der Waals surface area contributed by atoms with Gasteiger partial charge in [0.1, 0.15) is 5.75 Å². The van der Waals surface area contributed by atoms with Crippen molar-refractivity contribution in [2.75, 3.05) is 0 Å². The van der Waals surface area contributed by atoms with Crippen LogP contribution in [0.2, 0.25) is 5.02 Å². The van der Waals surface area contributed by atoms with Crippen molar-refractivity contribution in [3.05, 3.63) is 27.2 Å². The molecule has 0 saturated heterocycles. The molecule has 1 rings (SSSR count). The largest absolute Gasteiger partial charge is 0.506 e. The van der Waals surface area contributed by atoms with Crippen LogP contribution >= 0.6 is 27.5 Å². The van der Waals surface area contributed by atoms with Crippen LogP contribution in [-0.2, 0) is 0 Å². The van der Waals surface area contributed by atoms with Crippen LogP contribution in [0.3, 0.4) is 0 Å². The third-order valence-electron chi connectivity index (χ3n) is 1.19. The number of carbonyl (C=O) groups is 1. The highest BCUT2D eigenvalue weighted by Crippen LogP contribution is 2.29. The van der Waals surface area contributed by atoms with Gasteiger partial charge >= 0.3 is 0 Å². The molecular weight excluding hydrogens is 231 g/mol. The molecule has 0 aliphatic carbocycles. The van der Waals surface area contributed by atoms with E-state index in [1.54, 1.807) is 0 Å². The van der Waals surface area contributed by atoms with Crippen LogP contribution in [0.15, 0.2) is 16.6 Å². The number of phenolic OH excluding ortho intramolecular Hbond substituents is 1. The molecule has 0 aromatic heterocycles. The van der Waals surface area contributed by atoms with E-state index >= 15 is 0 Å². The molecule has 0 bridgehead atoms. The van der Waals surface area contributed by atoms with Gasteiger partial charge in [-0.2, -0.15) is 0 Å². The minimum atomic E-state index is -0.0861. The summed E-state index contributed by atoms with van der Waals surface area (Å²) in [5.74, 6) is -0.0861. The summed E-state index contributed by atoms with van der Waals surface area (Å²) >= 11 is 8.66. The van der Waals surface area contributed by atoms with Crippen LogP contribution in [0, 0.1) is 0 Å². The maximum Gasteiger partial charge on any atom is 0.151 e. The molecule has 0 heterocycles. The van der Waals surface area contributed by atoms with E-state index in [4.69, 9.17) is 16.7 Å². The average molecular weight is 235 g/mol. The van der Waals surface area contributed by atoms with E-state index in [9.17, 15) is 4.79 Å². The van der Waals surface area contributed by atoms with Gasteiger partial charge in [-0.05, 0) is 12.1 Å². The smallest absolute Gasteiger partial charge is 0.151 e. The lowest BCUT2D eigenvalue weighted by atomic mass is 10.2. The van der Waals surface area contributed by atoms with Crippen LogP contribution in [0.4, 0.5) is 0 Å². The molecule has 0 unspecified atom stereocenters. The zero-order chi connectivity index (χ0) is 8.43. The summed E-state index contributed by atoms with van der Waals surface area (Å²) in [5, 5.41) is 9.27. The van der Waals surface area contributed by atoms with Crippen molar-refractivity contribution in [2.45, 2.75) is 0 Å². The van der Waals surface area contributed by atoms with Gasteiger partial charge in [0, 0.05) is 10.0 Å². The first kappa shape index (κ1) is 8.56. The van der Waals surface area contributed by atoms with Crippen LogP contribution in [0.1, 0.15) is 10.4 Å². The van der Waals surface area contributed by atoms with Crippen LogP contribution in [-0.4, -0.2) is 11.4 Å². The van der Waals surface area contributed by atoms with Crippen molar-refractivity contribution in [3.63, 3.8) is 0 Å². The molecule has 0 spiro atoms. The van der Waals surface area contributed by atoms with E-state index in [1.807, 2.05) is 0 Å². The van der Waals surface area contributed by atoms with E-state index in [1.165, 1.54) is 12.1 Å². The fourth-order valence-electron chi connectivity index (χ4n) is 0.644. The van der Waals surface area contributed by atoms with Gasteiger partial charge in [-0.3, -0.25) is 4.79 Å². The molecule has 0 atom stereocenters. The molecule has 0 saturated carbocycles. The number of hydrogen-bond donors (Lipinski definition) is 1. The molecule has 11 heavy (non-hydrogen) atoms. The Bertz CT molecular complexity index is 299. The Balaban J connectivity index is 3.31. The van der Waals surface area contributed by atoms with E-state index in [2.05, 4.69) is 15.9 Å². The topological polar surface area (TPSA) is 37.3 Å². The lowest BCUT2D eigenvalue weighted by molar-refractivity contribution is 0.112. The van der Waals surface area contributed by atoms with Crippen LogP contribution in [0.5, 0.6) is 5.75 Å². The summed E-state index contributed by atoms with van der Waals surface area (Å²) in [6, 6.07) is 2.78. The minimum absolute atomic E-state index is 0.0861. The second-order valence-corrected chi connectivity index (χ2v) is 3.20. The van der Waals surface area contributed by atoms with Gasteiger partial charge in [-0.25, -0.2) is 0 Å². The quantitative estimate of drug-likeness (QED) is 0.760. The van der Waals surface area contributed by atoms with Crippen molar-refractivity contribution in [1.82, 2.24) is 0 Å². The zero-order valence-corrected chi connectivity index (χ0v) is 7.69. The number of hydrogen-bond acceptors (Lipinski definition) is 2. The van der Waals surface area contributed by atoms with Crippen LogP contribution < -0.4 is 0 Å². The Labute approximate surface area is 76.9 Å². The standard InChI is InChI=1S/C7H4BrClO2/c8-5-2-6(9)7(11)1-4(5)3-10/h1-3,11H. The van der Waals surface area contributed by atoms with Crippen molar-refractivity contribution < 1.29 is 9.90 Å². The molecule has 58 valence electrons. The zero-order valence-electron chi connectivity index (χ0n) is 5.34. The number of aromatic hydroxyl groups is 1. The second-order valence-electron chi connectivity index (χ2n) is 1.94. The highest BCUT2D eigenvalue weighted by atomic mass is 79.9. The Morgan fingerprint density at radius 3 is 2.73 bits per heavy atom. The van der Waals surface area contributed by atoms with E-state index < -0.39 is 0 Å². The number of carbonyl (C=O) groups excluding carboxylic acids is 1. The highest BCUT2D eigenvalue weighted by molar-refractivity contribution is 9.10. The summed E-state index contributed by atoms with van der Waals surface area (Å²) in [5.41, 5.74) is 0.381. The summed E-state index contributed by atoms with van der Waals surface area (Å²) in [7, 11) is 0. The molecule has 1 N–H and O–H groups in total. The van der Waals surface area contributed by atoms with Gasteiger partial charge in [0.2, 0.25) is 0 Å². The highest BCUT2D eigenvalue weighted by Gasteiger charge is 2.03. The monoisotopic (exact) mass is 234 g/mol. The van der Waals surface area contributed by atoms with Gasteiger partial charge in [0.05, 0.1) is 5.02 Å². The lowest BCUT2D eigenvalue weighted by Gasteiger charge is -1.99. The number of benzene rings is 1. The van der Waals surface area contributed by atoms with E-state index in [0.29, 0.717) is 16.3 Å². The first-order valence-electron chi connectivity index (χ1n) is 2.78. The molecule has 0 amide bonds. The van der Waals surface area contributed by atoms with Gasteiger partial charge in [0.15, 0.2) is 6.29 Å². The maximum absolute atomic E-state index is 10.3. The molecule has 1 aromatic rings. The Kier molecular flexibility index (Phi) is 2.52. The predicted octanol–water partition coefficient (Wildman–Crippen LogP) is 2.62. The molecular formula is C7H4BrClO2. The van der Waals surface area contributed by atoms with Crippen molar-refractivity contribution in [1.29, 1.82) is 0 Å². The minimum Gasteiger partial charge on any atom is -0.506 e. The van der Waals surface area contributed by atoms with Crippen molar-refractivity contribution >= 4 is 33.8 Å². The molecule has 0 aliphatic heterocycles. The number of phenols is 1. The number of halogens is 2. The third kappa shape index (κ3) is 1.73. The van der Waals surface area contributed by atoms with Gasteiger partial charge in [-0.15, -0.1) is 0 Å². The normalized spacial score (nSPS) is 9.64. The summed E-state index contributed by atoms with van der Waals surface area (Å²) in [4.78, 5) is 10.3. The Morgan fingerprint density at radius 1 is 1.55 bits per heavy atom. The molecule has 4 heteroatoms. The number of rotatable bonds is 1. The second kappa shape index (κ2) is 3.24. The molecule has 0 fully saturated rings. The van der Waals surface area contributed by atoms with Crippen LogP contribution in [0.25, 0.3) is 0 Å². The molecule has 1 aromatic carbocycles. The Hall–Kier alpha value is -0.540. The summed E-state index contributed by atoms with van der Waals surface area (Å²) in [6.07, 6.45) is 0.639. The SMILES string of the molecule is O=Cc1cc(O)c(Cl)cc1Br. The number of aldehydes is 1. The molecule has 0 radical (unpaired) electrons. The van der Waals surface area contributed by atoms with E-state index in [-0.39, 0.29) is 10.8 Å². The molecule has 2 nitrogen and oxygen atoms in total. The van der Waals surface area contributed by atoms with Crippen molar-refractivity contribution in [2.24, 2.45) is 0 Å². The maximum atomic E-state index is 10.3. The first-order chi connectivity index (χ1) is 5.15. The van der Waals surface area contributed by atoms with Gasteiger partial charge < -0.3 is 5.11 Å². The predicted molar refractivity (Wildman–Crippen MR) is 46.2 cm³/mol. The fraction of sp³-hybridized carbons (Fsp3) is 0. The van der Waals surface area contributed by atoms with Gasteiger partial charge in [-0.1, -0.05) is 27.5 Å². The van der Waals surface area contributed by atoms with Gasteiger partial charge in [0.25, 0.3) is 0 Å². The first-order valence-corrected chi connectivity index (χ1v) is 3.95. The van der Waals surface area contributed by atoms with E-state index in [0.717, 1.165) is 0 Å². The average Bonchev–Trinajstić information content (AvgIpc) is 1.97. The fourth-order valence-corrected chi connectivity index (χ4v) is 1.38. The lowest BCUT2D eigenvalue weighted by Crippen LogP contribution is -1.81.